The minimum atomic E-state index is -4.83. The molecule has 0 bridgehead atoms. The second-order valence-electron chi connectivity index (χ2n) is 4.70. The van der Waals surface area contributed by atoms with E-state index in [1.807, 2.05) is 0 Å². The topological polar surface area (TPSA) is 96.4 Å². The number of nitrogens with zero attached hydrogens (tertiary/aromatic N) is 1. The normalized spacial score (nSPS) is 16.0. The van der Waals surface area contributed by atoms with Gasteiger partial charge in [0.05, 0.1) is 0 Å². The van der Waals surface area contributed by atoms with E-state index in [-0.39, 0.29) is 17.7 Å². The molecule has 2 atom stereocenters. The molecule has 1 rings (SSSR count). The number of hydrogen-bond acceptors (Lipinski definition) is 5. The number of rotatable bonds is 8. The summed E-state index contributed by atoms with van der Waals surface area (Å²) in [7, 11) is 0. The van der Waals surface area contributed by atoms with Crippen LogP contribution < -0.4 is 5.73 Å². The lowest BCUT2D eigenvalue weighted by atomic mass is 9.92. The molecule has 0 radical (unpaired) electrons. The average molecular weight is 338 g/mol. The van der Waals surface area contributed by atoms with Gasteiger partial charge in [0.1, 0.15) is 6.04 Å². The number of hydrogen-bond donors (Lipinski definition) is 3. The predicted molar refractivity (Wildman–Crippen MR) is 76.4 cm³/mol. The van der Waals surface area contributed by atoms with Crippen molar-refractivity contribution in [3.63, 3.8) is 0 Å². The first-order chi connectivity index (χ1) is 10.2. The van der Waals surface area contributed by atoms with Crippen LogP contribution in [0.3, 0.4) is 0 Å². The molecule has 0 saturated carbocycles. The lowest BCUT2D eigenvalue weighted by molar-refractivity contribution is -0.267. The van der Waals surface area contributed by atoms with Crippen LogP contribution in [0, 0.1) is 0 Å². The molecule has 0 fully saturated rings. The van der Waals surface area contributed by atoms with Crippen molar-refractivity contribution >= 4 is 17.7 Å². The highest BCUT2D eigenvalue weighted by atomic mass is 32.2. The smallest absolute Gasteiger partial charge is 0.421 e. The van der Waals surface area contributed by atoms with E-state index in [0.29, 0.717) is 5.75 Å². The van der Waals surface area contributed by atoms with Gasteiger partial charge in [-0.15, -0.1) is 0 Å². The number of carboxylic acid groups (broad SMARTS) is 1. The van der Waals surface area contributed by atoms with E-state index in [0.717, 1.165) is 18.0 Å². The zero-order chi connectivity index (χ0) is 16.8. The molecule has 0 amide bonds. The highest BCUT2D eigenvalue weighted by Crippen LogP contribution is 2.41. The summed E-state index contributed by atoms with van der Waals surface area (Å²) in [5.41, 5.74) is 2.01. The minimum Gasteiger partial charge on any atom is -0.480 e. The van der Waals surface area contributed by atoms with Gasteiger partial charge in [-0.2, -0.15) is 24.9 Å². The van der Waals surface area contributed by atoms with Gasteiger partial charge in [0, 0.05) is 18.0 Å². The Hall–Kier alpha value is -1.32. The Labute approximate surface area is 129 Å². The maximum atomic E-state index is 13.1. The van der Waals surface area contributed by atoms with Crippen molar-refractivity contribution in [2.24, 2.45) is 5.73 Å². The van der Waals surface area contributed by atoms with E-state index in [1.54, 1.807) is 0 Å². The number of pyridine rings is 1. The molecule has 1 heterocycles. The van der Waals surface area contributed by atoms with Gasteiger partial charge < -0.3 is 15.9 Å². The van der Waals surface area contributed by atoms with Crippen LogP contribution in [0.25, 0.3) is 0 Å². The molecule has 1 aromatic rings. The molecule has 0 saturated heterocycles. The Kier molecular flexibility index (Phi) is 6.64. The summed E-state index contributed by atoms with van der Waals surface area (Å²) < 4.78 is 39.4. The van der Waals surface area contributed by atoms with Gasteiger partial charge in [-0.05, 0) is 30.4 Å². The quantitative estimate of drug-likeness (QED) is 0.625. The molecule has 0 aliphatic carbocycles. The number of aliphatic carboxylic acids is 1. The first-order valence-electron chi connectivity index (χ1n) is 6.44. The van der Waals surface area contributed by atoms with Crippen LogP contribution >= 0.6 is 11.8 Å². The molecule has 0 aliphatic rings. The number of aromatic nitrogens is 1. The van der Waals surface area contributed by atoms with Gasteiger partial charge in [0.25, 0.3) is 0 Å². The third kappa shape index (κ3) is 4.85. The third-order valence-electron chi connectivity index (χ3n) is 3.11. The minimum absolute atomic E-state index is 0.0112. The van der Waals surface area contributed by atoms with Crippen molar-refractivity contribution in [3.05, 3.63) is 30.1 Å². The van der Waals surface area contributed by atoms with E-state index >= 15 is 0 Å². The van der Waals surface area contributed by atoms with Gasteiger partial charge >= 0.3 is 12.1 Å². The lowest BCUT2D eigenvalue weighted by Crippen LogP contribution is -2.43. The van der Waals surface area contributed by atoms with E-state index < -0.39 is 30.2 Å². The Morgan fingerprint density at radius 3 is 2.59 bits per heavy atom. The Morgan fingerprint density at radius 1 is 1.41 bits per heavy atom. The fraction of sp³-hybridized carbons (Fsp3) is 0.538. The summed E-state index contributed by atoms with van der Waals surface area (Å²) in [5.74, 6) is -0.839. The van der Waals surface area contributed by atoms with Crippen molar-refractivity contribution in [1.82, 2.24) is 4.98 Å². The van der Waals surface area contributed by atoms with Crippen LogP contribution in [0.1, 0.15) is 18.4 Å². The Morgan fingerprint density at radius 2 is 2.09 bits per heavy atom. The van der Waals surface area contributed by atoms with E-state index in [4.69, 9.17) is 10.8 Å². The second-order valence-corrected chi connectivity index (χ2v) is 5.92. The van der Waals surface area contributed by atoms with Crippen LogP contribution in [-0.2, 0) is 10.4 Å². The van der Waals surface area contributed by atoms with Crippen LogP contribution in [0.15, 0.2) is 24.5 Å². The number of alkyl halides is 3. The van der Waals surface area contributed by atoms with Crippen molar-refractivity contribution in [2.45, 2.75) is 30.7 Å². The van der Waals surface area contributed by atoms with Crippen LogP contribution in [0.4, 0.5) is 13.2 Å². The SMILES string of the molecule is NC(CCSCCC(O)(c1cccnc1)C(F)(F)F)C(=O)O. The Bertz CT molecular complexity index is 487. The van der Waals surface area contributed by atoms with Crippen molar-refractivity contribution in [2.75, 3.05) is 11.5 Å². The maximum Gasteiger partial charge on any atom is 0.421 e. The zero-order valence-electron chi connectivity index (χ0n) is 11.6. The summed E-state index contributed by atoms with van der Waals surface area (Å²) in [5, 5.41) is 18.6. The molecule has 124 valence electrons. The number of nitrogens with two attached hydrogens (primary N) is 1. The number of carboxylic acids is 1. The standard InChI is InChI=1S/C13H17F3N2O3S/c14-13(15,16)12(21,9-2-1-5-18-8-9)4-7-22-6-3-10(17)11(19)20/h1-2,5,8,10,21H,3-4,6-7,17H2,(H,19,20). The molecule has 1 aromatic heterocycles. The summed E-state index contributed by atoms with van der Waals surface area (Å²) >= 11 is 1.11. The fourth-order valence-electron chi connectivity index (χ4n) is 1.71. The third-order valence-corrected chi connectivity index (χ3v) is 4.12. The molecule has 0 aromatic carbocycles. The van der Waals surface area contributed by atoms with E-state index in [1.165, 1.54) is 18.3 Å². The second kappa shape index (κ2) is 7.80. The zero-order valence-corrected chi connectivity index (χ0v) is 12.4. The monoisotopic (exact) mass is 338 g/mol. The predicted octanol–water partition coefficient (Wildman–Crippen LogP) is 1.76. The summed E-state index contributed by atoms with van der Waals surface area (Å²) in [6.45, 7) is 0. The lowest BCUT2D eigenvalue weighted by Gasteiger charge is -2.30. The first kappa shape index (κ1) is 18.7. The van der Waals surface area contributed by atoms with Gasteiger partial charge in [-0.25, -0.2) is 0 Å². The molecule has 0 aliphatic heterocycles. The maximum absolute atomic E-state index is 13.1. The molecule has 2 unspecified atom stereocenters. The highest BCUT2D eigenvalue weighted by Gasteiger charge is 2.54. The number of halogens is 3. The number of carbonyl (C=O) groups is 1. The largest absolute Gasteiger partial charge is 0.480 e. The van der Waals surface area contributed by atoms with Crippen molar-refractivity contribution in [3.8, 4) is 0 Å². The molecule has 9 heteroatoms. The molecule has 0 spiro atoms. The van der Waals surface area contributed by atoms with Crippen LogP contribution in [-0.4, -0.2) is 44.9 Å². The fourth-order valence-corrected chi connectivity index (χ4v) is 2.78. The van der Waals surface area contributed by atoms with E-state index in [2.05, 4.69) is 4.98 Å². The molecule has 4 N–H and O–H groups in total. The molecular weight excluding hydrogens is 321 g/mol. The van der Waals surface area contributed by atoms with Crippen molar-refractivity contribution in [1.29, 1.82) is 0 Å². The van der Waals surface area contributed by atoms with Gasteiger partial charge in [-0.3, -0.25) is 9.78 Å². The summed E-state index contributed by atoms with van der Waals surface area (Å²) in [4.78, 5) is 14.1. The van der Waals surface area contributed by atoms with Gasteiger partial charge in [-0.1, -0.05) is 6.07 Å². The van der Waals surface area contributed by atoms with Crippen molar-refractivity contribution < 1.29 is 28.2 Å². The Balaban J connectivity index is 2.60. The number of thioether (sulfide) groups is 1. The molecule has 5 nitrogen and oxygen atoms in total. The van der Waals surface area contributed by atoms with Gasteiger partial charge in [0.2, 0.25) is 0 Å². The average Bonchev–Trinajstić information content (AvgIpc) is 2.46. The summed E-state index contributed by atoms with van der Waals surface area (Å²) in [6, 6.07) is 1.46. The first-order valence-corrected chi connectivity index (χ1v) is 7.59. The molecule has 22 heavy (non-hydrogen) atoms. The van der Waals surface area contributed by atoms with Crippen LogP contribution in [0.2, 0.25) is 0 Å². The van der Waals surface area contributed by atoms with Crippen LogP contribution in [0.5, 0.6) is 0 Å². The summed E-state index contributed by atoms with van der Waals surface area (Å²) in [6.07, 6.45) is -2.92. The van der Waals surface area contributed by atoms with E-state index in [9.17, 15) is 23.1 Å². The number of aliphatic hydroxyl groups is 1. The van der Waals surface area contributed by atoms with Gasteiger partial charge in [0.15, 0.2) is 5.60 Å². The highest BCUT2D eigenvalue weighted by molar-refractivity contribution is 7.99. The molecular formula is C13H17F3N2O3S.